The smallest absolute Gasteiger partial charge is 0.410 e. The van der Waals surface area contributed by atoms with E-state index in [0.29, 0.717) is 30.7 Å². The van der Waals surface area contributed by atoms with Crippen molar-refractivity contribution in [1.82, 2.24) is 4.90 Å². The van der Waals surface area contributed by atoms with Crippen molar-refractivity contribution >= 4 is 43.1 Å². The third-order valence-electron chi connectivity index (χ3n) is 4.06. The van der Waals surface area contributed by atoms with Crippen molar-refractivity contribution in [2.75, 3.05) is 12.8 Å². The standard InChI is InChI=1S/C18H22BrNO6S/c1-18(2,3)26-17(21)20-6-5-15-14(9-20)13-8-12(19)7-11(16(13)25-15)10-24-27(4,22)23/h7-8H,5-6,9-10H2,1-4H3. The normalized spacial score (nSPS) is 15.1. The van der Waals surface area contributed by atoms with Crippen LogP contribution in [0.2, 0.25) is 0 Å². The first kappa shape index (κ1) is 20.2. The van der Waals surface area contributed by atoms with Gasteiger partial charge in [-0.25, -0.2) is 4.79 Å². The van der Waals surface area contributed by atoms with Crippen molar-refractivity contribution in [2.45, 2.75) is 45.9 Å². The number of carbonyl (C=O) groups is 1. The van der Waals surface area contributed by atoms with Crippen LogP contribution in [0.25, 0.3) is 11.0 Å². The first-order valence-electron chi connectivity index (χ1n) is 8.48. The molecule has 0 bridgehead atoms. The Morgan fingerprint density at radius 2 is 2.04 bits per heavy atom. The minimum Gasteiger partial charge on any atom is -0.460 e. The highest BCUT2D eigenvalue weighted by Gasteiger charge is 2.29. The third-order valence-corrected chi connectivity index (χ3v) is 5.06. The maximum absolute atomic E-state index is 12.4. The van der Waals surface area contributed by atoms with Gasteiger partial charge >= 0.3 is 6.09 Å². The minimum absolute atomic E-state index is 0.114. The zero-order valence-corrected chi connectivity index (χ0v) is 18.1. The van der Waals surface area contributed by atoms with E-state index in [9.17, 15) is 13.2 Å². The van der Waals surface area contributed by atoms with Crippen LogP contribution in [0, 0.1) is 0 Å². The van der Waals surface area contributed by atoms with E-state index in [-0.39, 0.29) is 12.7 Å². The molecule has 1 aliphatic rings. The van der Waals surface area contributed by atoms with E-state index >= 15 is 0 Å². The molecule has 0 spiro atoms. The number of hydrogen-bond acceptors (Lipinski definition) is 6. The molecule has 1 aliphatic heterocycles. The van der Waals surface area contributed by atoms with E-state index in [1.54, 1.807) is 11.0 Å². The summed E-state index contributed by atoms with van der Waals surface area (Å²) in [7, 11) is -3.57. The summed E-state index contributed by atoms with van der Waals surface area (Å²) in [5.41, 5.74) is 1.56. The predicted molar refractivity (Wildman–Crippen MR) is 104 cm³/mol. The lowest BCUT2D eigenvalue weighted by Gasteiger charge is -2.29. The van der Waals surface area contributed by atoms with Gasteiger partial charge in [0.1, 0.15) is 16.9 Å². The summed E-state index contributed by atoms with van der Waals surface area (Å²) in [6.45, 7) is 6.26. The Morgan fingerprint density at radius 3 is 2.67 bits per heavy atom. The highest BCUT2D eigenvalue weighted by atomic mass is 79.9. The van der Waals surface area contributed by atoms with Gasteiger partial charge < -0.3 is 14.1 Å². The molecule has 0 radical (unpaired) electrons. The molecule has 2 heterocycles. The molecule has 2 aromatic rings. The molecule has 7 nitrogen and oxygen atoms in total. The van der Waals surface area contributed by atoms with Gasteiger partial charge in [-0.15, -0.1) is 0 Å². The maximum atomic E-state index is 12.4. The first-order chi connectivity index (χ1) is 12.4. The minimum atomic E-state index is -3.57. The van der Waals surface area contributed by atoms with Gasteiger partial charge in [0.05, 0.1) is 19.4 Å². The summed E-state index contributed by atoms with van der Waals surface area (Å²) in [5, 5.41) is 0.833. The van der Waals surface area contributed by atoms with Crippen molar-refractivity contribution in [3.8, 4) is 0 Å². The summed E-state index contributed by atoms with van der Waals surface area (Å²) >= 11 is 3.45. The lowest BCUT2D eigenvalue weighted by molar-refractivity contribution is 0.0220. The second-order valence-corrected chi connectivity index (χ2v) is 10.1. The molecule has 9 heteroatoms. The zero-order valence-electron chi connectivity index (χ0n) is 15.7. The van der Waals surface area contributed by atoms with E-state index in [1.165, 1.54) is 0 Å². The lowest BCUT2D eigenvalue weighted by atomic mass is 10.0. The van der Waals surface area contributed by atoms with Gasteiger partial charge in [-0.3, -0.25) is 4.18 Å². The van der Waals surface area contributed by atoms with E-state index < -0.39 is 15.7 Å². The van der Waals surface area contributed by atoms with Gasteiger partial charge in [-0.05, 0) is 32.9 Å². The molecule has 3 rings (SSSR count). The number of furan rings is 1. The highest BCUT2D eigenvalue weighted by molar-refractivity contribution is 9.10. The van der Waals surface area contributed by atoms with Crippen molar-refractivity contribution in [3.63, 3.8) is 0 Å². The van der Waals surface area contributed by atoms with Crippen LogP contribution in [0.5, 0.6) is 0 Å². The highest BCUT2D eigenvalue weighted by Crippen LogP contribution is 2.35. The van der Waals surface area contributed by atoms with Crippen molar-refractivity contribution in [1.29, 1.82) is 0 Å². The number of amides is 1. The van der Waals surface area contributed by atoms with Gasteiger partial charge in [-0.2, -0.15) is 8.42 Å². The SMILES string of the molecule is CC(C)(C)OC(=O)N1CCc2oc3c(COS(C)(=O)=O)cc(Br)cc3c2C1. The predicted octanol–water partition coefficient (Wildman–Crippen LogP) is 3.96. The number of halogens is 1. The lowest BCUT2D eigenvalue weighted by Crippen LogP contribution is -2.39. The molecule has 0 atom stereocenters. The number of ether oxygens (including phenoxy) is 1. The molecule has 27 heavy (non-hydrogen) atoms. The molecule has 1 amide bonds. The second-order valence-electron chi connectivity index (χ2n) is 7.56. The number of fused-ring (bicyclic) bond motifs is 3. The Hall–Kier alpha value is -1.58. The fourth-order valence-electron chi connectivity index (χ4n) is 2.97. The van der Waals surface area contributed by atoms with Gasteiger partial charge in [-0.1, -0.05) is 15.9 Å². The van der Waals surface area contributed by atoms with Crippen LogP contribution in [-0.4, -0.2) is 37.8 Å². The molecule has 0 unspecified atom stereocenters. The molecule has 0 fully saturated rings. The summed E-state index contributed by atoms with van der Waals surface area (Å²) in [6.07, 6.45) is 1.21. The van der Waals surface area contributed by atoms with E-state index in [0.717, 1.165) is 27.4 Å². The molecule has 0 saturated heterocycles. The fourth-order valence-corrected chi connectivity index (χ4v) is 3.82. The van der Waals surface area contributed by atoms with Crippen molar-refractivity contribution in [3.05, 3.63) is 33.5 Å². The van der Waals surface area contributed by atoms with Crippen LogP contribution in [0.3, 0.4) is 0 Å². The molecular weight excluding hydrogens is 438 g/mol. The molecule has 148 valence electrons. The number of hydrogen-bond donors (Lipinski definition) is 0. The molecule has 1 aromatic carbocycles. The fraction of sp³-hybridized carbons (Fsp3) is 0.500. The van der Waals surface area contributed by atoms with Crippen LogP contribution < -0.4 is 0 Å². The van der Waals surface area contributed by atoms with Gasteiger partial charge in [0, 0.05) is 34.0 Å². The van der Waals surface area contributed by atoms with E-state index in [2.05, 4.69) is 15.9 Å². The summed E-state index contributed by atoms with van der Waals surface area (Å²) < 4.78 is 39.8. The largest absolute Gasteiger partial charge is 0.460 e. The van der Waals surface area contributed by atoms with E-state index in [1.807, 2.05) is 26.8 Å². The summed E-state index contributed by atoms with van der Waals surface area (Å²) in [4.78, 5) is 14.1. The third kappa shape index (κ3) is 4.83. The number of carbonyl (C=O) groups excluding carboxylic acids is 1. The Balaban J connectivity index is 1.93. The second kappa shape index (κ2) is 7.10. The van der Waals surface area contributed by atoms with Crippen molar-refractivity contribution in [2.24, 2.45) is 0 Å². The molecule has 0 aliphatic carbocycles. The van der Waals surface area contributed by atoms with Crippen LogP contribution in [-0.2, 0) is 38.6 Å². The molecule has 0 N–H and O–H groups in total. The van der Waals surface area contributed by atoms with Gasteiger partial charge in [0.15, 0.2) is 0 Å². The Labute approximate surface area is 166 Å². The molecular formula is C18H22BrNO6S. The molecule has 0 saturated carbocycles. The Morgan fingerprint density at radius 1 is 1.33 bits per heavy atom. The Kier molecular flexibility index (Phi) is 5.31. The summed E-state index contributed by atoms with van der Waals surface area (Å²) in [5.74, 6) is 0.795. The number of nitrogens with zero attached hydrogens (tertiary/aromatic N) is 1. The van der Waals surface area contributed by atoms with Gasteiger partial charge in [0.2, 0.25) is 0 Å². The van der Waals surface area contributed by atoms with Crippen molar-refractivity contribution < 1.29 is 26.5 Å². The quantitative estimate of drug-likeness (QED) is 0.645. The topological polar surface area (TPSA) is 86.0 Å². The van der Waals surface area contributed by atoms with E-state index in [4.69, 9.17) is 13.3 Å². The average Bonchev–Trinajstić information content (AvgIpc) is 2.88. The number of benzene rings is 1. The first-order valence-corrected chi connectivity index (χ1v) is 11.1. The Bertz CT molecular complexity index is 989. The van der Waals surface area contributed by atoms with Crippen LogP contribution >= 0.6 is 15.9 Å². The van der Waals surface area contributed by atoms with Crippen LogP contribution in [0.1, 0.15) is 37.7 Å². The zero-order chi connectivity index (χ0) is 20.0. The van der Waals surface area contributed by atoms with Crippen LogP contribution in [0.15, 0.2) is 21.0 Å². The summed E-state index contributed by atoms with van der Waals surface area (Å²) in [6, 6.07) is 3.67. The monoisotopic (exact) mass is 459 g/mol. The van der Waals surface area contributed by atoms with Crippen LogP contribution in [0.4, 0.5) is 4.79 Å². The van der Waals surface area contributed by atoms with Gasteiger partial charge in [0.25, 0.3) is 10.1 Å². The average molecular weight is 460 g/mol. The molecule has 1 aromatic heterocycles. The number of rotatable bonds is 3. The maximum Gasteiger partial charge on any atom is 0.410 e.